The summed E-state index contributed by atoms with van der Waals surface area (Å²) in [5, 5.41) is 4.08. The summed E-state index contributed by atoms with van der Waals surface area (Å²) in [7, 11) is 0. The number of rotatable bonds is 5. The molecule has 2 rings (SSSR count). The van der Waals surface area contributed by atoms with Crippen LogP contribution in [-0.2, 0) is 0 Å². The van der Waals surface area contributed by atoms with Gasteiger partial charge in [0.1, 0.15) is 0 Å². The molecule has 0 aliphatic heterocycles. The van der Waals surface area contributed by atoms with Crippen LogP contribution in [0.25, 0.3) is 5.95 Å². The van der Waals surface area contributed by atoms with Gasteiger partial charge in [-0.05, 0) is 24.6 Å². The molecule has 18 heavy (non-hydrogen) atoms. The van der Waals surface area contributed by atoms with E-state index in [-0.39, 0.29) is 11.3 Å². The van der Waals surface area contributed by atoms with E-state index in [1.54, 1.807) is 18.5 Å². The van der Waals surface area contributed by atoms with Gasteiger partial charge in [-0.1, -0.05) is 5.57 Å². The maximum atomic E-state index is 5.81. The number of aromatic nitrogens is 5. The molecule has 0 atom stereocenters. The lowest BCUT2D eigenvalue weighted by molar-refractivity contribution is 0.294. The minimum Gasteiger partial charge on any atom is -0.463 e. The fraction of sp³-hybridized carbons (Fsp3) is 0.273. The summed E-state index contributed by atoms with van der Waals surface area (Å²) < 4.78 is 6.87. The van der Waals surface area contributed by atoms with Crippen molar-refractivity contribution in [3.63, 3.8) is 0 Å². The first kappa shape index (κ1) is 12.5. The van der Waals surface area contributed by atoms with Gasteiger partial charge in [-0.15, -0.1) is 6.58 Å². The Kier molecular flexibility index (Phi) is 3.88. The van der Waals surface area contributed by atoms with E-state index in [4.69, 9.17) is 16.3 Å². The Labute approximate surface area is 109 Å². The largest absolute Gasteiger partial charge is 0.463 e. The lowest BCUT2D eigenvalue weighted by Crippen LogP contribution is -2.07. The first-order chi connectivity index (χ1) is 8.65. The molecule has 0 aliphatic carbocycles. The second-order valence-corrected chi connectivity index (χ2v) is 4.03. The van der Waals surface area contributed by atoms with Crippen molar-refractivity contribution in [2.45, 2.75) is 13.3 Å². The molecule has 6 nitrogen and oxygen atoms in total. The predicted octanol–water partition coefficient (Wildman–Crippen LogP) is 2.06. The first-order valence-electron chi connectivity index (χ1n) is 5.34. The van der Waals surface area contributed by atoms with Crippen LogP contribution in [0.2, 0.25) is 5.28 Å². The molecule has 0 bridgehead atoms. The van der Waals surface area contributed by atoms with Gasteiger partial charge in [0.25, 0.3) is 5.95 Å². The molecule has 0 spiro atoms. The minimum absolute atomic E-state index is 0.0702. The average Bonchev–Trinajstić information content (AvgIpc) is 2.81. The van der Waals surface area contributed by atoms with Gasteiger partial charge in [-0.3, -0.25) is 0 Å². The predicted molar refractivity (Wildman–Crippen MR) is 66.9 cm³/mol. The van der Waals surface area contributed by atoms with E-state index < -0.39 is 0 Å². The molecule has 0 aliphatic rings. The maximum Gasteiger partial charge on any atom is 0.322 e. The molecule has 0 N–H and O–H groups in total. The van der Waals surface area contributed by atoms with Gasteiger partial charge in [-0.25, -0.2) is 4.68 Å². The van der Waals surface area contributed by atoms with Gasteiger partial charge in [0.15, 0.2) is 0 Å². The molecular weight excluding hydrogens is 254 g/mol. The van der Waals surface area contributed by atoms with Crippen molar-refractivity contribution in [3.8, 4) is 12.0 Å². The molecule has 2 heterocycles. The SMILES string of the molecule is C=C(C)CCOc1nc(Cl)nc(-n2cccn2)n1. The van der Waals surface area contributed by atoms with Crippen LogP contribution in [0.15, 0.2) is 30.6 Å². The van der Waals surface area contributed by atoms with Crippen LogP contribution in [0, 0.1) is 0 Å². The van der Waals surface area contributed by atoms with Crippen LogP contribution in [0.3, 0.4) is 0 Å². The zero-order valence-electron chi connectivity index (χ0n) is 9.88. The van der Waals surface area contributed by atoms with Gasteiger partial charge in [0.2, 0.25) is 5.28 Å². The second kappa shape index (κ2) is 5.59. The van der Waals surface area contributed by atoms with Crippen LogP contribution >= 0.6 is 11.6 Å². The molecule has 0 radical (unpaired) electrons. The Balaban J connectivity index is 2.14. The summed E-state index contributed by atoms with van der Waals surface area (Å²) in [5.41, 5.74) is 1.03. The van der Waals surface area contributed by atoms with Gasteiger partial charge >= 0.3 is 6.01 Å². The van der Waals surface area contributed by atoms with E-state index in [0.29, 0.717) is 12.6 Å². The first-order valence-corrected chi connectivity index (χ1v) is 5.72. The van der Waals surface area contributed by atoms with Crippen molar-refractivity contribution in [3.05, 3.63) is 35.9 Å². The lowest BCUT2D eigenvalue weighted by atomic mass is 10.3. The Hall–Kier alpha value is -1.95. The second-order valence-electron chi connectivity index (χ2n) is 3.69. The highest BCUT2D eigenvalue weighted by molar-refractivity contribution is 6.28. The van der Waals surface area contributed by atoms with Gasteiger partial charge in [0, 0.05) is 18.8 Å². The van der Waals surface area contributed by atoms with Crippen LogP contribution in [0.1, 0.15) is 13.3 Å². The van der Waals surface area contributed by atoms with Crippen molar-refractivity contribution in [1.29, 1.82) is 0 Å². The maximum absolute atomic E-state index is 5.81. The highest BCUT2D eigenvalue weighted by atomic mass is 35.5. The monoisotopic (exact) mass is 265 g/mol. The molecular formula is C11H12ClN5O. The van der Waals surface area contributed by atoms with E-state index in [1.165, 1.54) is 4.68 Å². The lowest BCUT2D eigenvalue weighted by Gasteiger charge is -2.05. The highest BCUT2D eigenvalue weighted by Crippen LogP contribution is 2.11. The summed E-state index contributed by atoms with van der Waals surface area (Å²) in [6.45, 7) is 6.17. The van der Waals surface area contributed by atoms with E-state index in [0.717, 1.165) is 12.0 Å². The Bertz CT molecular complexity index is 540. The zero-order chi connectivity index (χ0) is 13.0. The summed E-state index contributed by atoms with van der Waals surface area (Å²) >= 11 is 5.81. The molecule has 0 saturated carbocycles. The van der Waals surface area contributed by atoms with Crippen molar-refractivity contribution in [1.82, 2.24) is 24.7 Å². The number of hydrogen-bond donors (Lipinski definition) is 0. The smallest absolute Gasteiger partial charge is 0.322 e. The van der Waals surface area contributed by atoms with Crippen molar-refractivity contribution in [2.24, 2.45) is 0 Å². The van der Waals surface area contributed by atoms with Crippen LogP contribution in [0.4, 0.5) is 0 Å². The van der Waals surface area contributed by atoms with Crippen LogP contribution in [-0.4, -0.2) is 31.3 Å². The molecule has 0 fully saturated rings. The number of nitrogens with zero attached hydrogens (tertiary/aromatic N) is 5. The van der Waals surface area contributed by atoms with Crippen LogP contribution in [0.5, 0.6) is 6.01 Å². The van der Waals surface area contributed by atoms with Gasteiger partial charge in [0.05, 0.1) is 6.61 Å². The third-order valence-electron chi connectivity index (χ3n) is 2.05. The molecule has 0 amide bonds. The van der Waals surface area contributed by atoms with Crippen LogP contribution < -0.4 is 4.74 Å². The average molecular weight is 266 g/mol. The fourth-order valence-corrected chi connectivity index (χ4v) is 1.34. The van der Waals surface area contributed by atoms with Gasteiger partial charge in [-0.2, -0.15) is 20.1 Å². The third-order valence-corrected chi connectivity index (χ3v) is 2.21. The Morgan fingerprint density at radius 1 is 1.44 bits per heavy atom. The van der Waals surface area contributed by atoms with Crippen molar-refractivity contribution >= 4 is 11.6 Å². The molecule has 2 aromatic rings. The number of halogens is 1. The standard InChI is InChI=1S/C11H12ClN5O/c1-8(2)4-7-18-11-15-9(12)14-10(16-11)17-6-3-5-13-17/h3,5-6H,1,4,7H2,2H3. The van der Waals surface area contributed by atoms with E-state index in [1.807, 2.05) is 6.92 Å². The quantitative estimate of drug-likeness (QED) is 0.774. The van der Waals surface area contributed by atoms with Crippen molar-refractivity contribution in [2.75, 3.05) is 6.61 Å². The van der Waals surface area contributed by atoms with Crippen molar-refractivity contribution < 1.29 is 4.74 Å². The topological polar surface area (TPSA) is 65.7 Å². The molecule has 2 aromatic heterocycles. The molecule has 0 aromatic carbocycles. The summed E-state index contributed by atoms with van der Waals surface area (Å²) in [4.78, 5) is 12.0. The molecule has 7 heteroatoms. The summed E-state index contributed by atoms with van der Waals surface area (Å²) in [6.07, 6.45) is 4.07. The van der Waals surface area contributed by atoms with E-state index >= 15 is 0 Å². The highest BCUT2D eigenvalue weighted by Gasteiger charge is 2.07. The third kappa shape index (κ3) is 3.27. The number of ether oxygens (including phenoxy) is 1. The zero-order valence-corrected chi connectivity index (χ0v) is 10.6. The van der Waals surface area contributed by atoms with E-state index in [9.17, 15) is 0 Å². The fourth-order valence-electron chi connectivity index (χ4n) is 1.19. The molecule has 94 valence electrons. The molecule has 0 saturated heterocycles. The Morgan fingerprint density at radius 2 is 2.28 bits per heavy atom. The summed E-state index contributed by atoms with van der Waals surface area (Å²) in [6, 6.07) is 1.95. The normalized spacial score (nSPS) is 10.3. The Morgan fingerprint density at radius 3 is 2.94 bits per heavy atom. The summed E-state index contributed by atoms with van der Waals surface area (Å²) in [5.74, 6) is 0.324. The molecule has 0 unspecified atom stereocenters. The van der Waals surface area contributed by atoms with E-state index in [2.05, 4.69) is 26.6 Å². The number of hydrogen-bond acceptors (Lipinski definition) is 5. The minimum atomic E-state index is 0.0702. The van der Waals surface area contributed by atoms with Gasteiger partial charge < -0.3 is 4.74 Å².